The Hall–Kier alpha value is -2.03. The first-order chi connectivity index (χ1) is 29.0. The van der Waals surface area contributed by atoms with E-state index in [1.165, 1.54) is 103 Å². The van der Waals surface area contributed by atoms with E-state index >= 15 is 0 Å². The Balaban J connectivity index is 4.31. The number of hydrogen-bond donors (Lipinski definition) is 1. The van der Waals surface area contributed by atoms with Crippen molar-refractivity contribution in [1.29, 1.82) is 0 Å². The van der Waals surface area contributed by atoms with Crippen molar-refractivity contribution in [2.24, 2.45) is 0 Å². The molecular weight excluding hydrogens is 774 g/mol. The van der Waals surface area contributed by atoms with Crippen molar-refractivity contribution in [2.45, 2.75) is 213 Å². The SMILES string of the molecule is CCCCC/C=C/C/C=C/CCCCCCCCCCCC(=O)O[C@H](COC(=O)CCCCCCCCC/C=C/C/C=C/CCCCC)COP(=O)(O)OCC[N+](C)(C)C. The monoisotopic (exact) mass is 867 g/mol. The number of phosphoric ester groups is 1. The van der Waals surface area contributed by atoms with Gasteiger partial charge in [0.25, 0.3) is 0 Å². The molecule has 0 aromatic heterocycles. The third kappa shape index (κ3) is 45.5. The number of carbonyl (C=O) groups is 2. The van der Waals surface area contributed by atoms with Crippen LogP contribution in [0.4, 0.5) is 0 Å². The summed E-state index contributed by atoms with van der Waals surface area (Å²) >= 11 is 0. The fourth-order valence-electron chi connectivity index (χ4n) is 6.49. The van der Waals surface area contributed by atoms with Crippen LogP contribution in [0.1, 0.15) is 206 Å². The quantitative estimate of drug-likeness (QED) is 0.0212. The van der Waals surface area contributed by atoms with Crippen LogP contribution in [0.2, 0.25) is 0 Å². The Morgan fingerprint density at radius 2 is 0.900 bits per heavy atom. The zero-order valence-electron chi connectivity index (χ0n) is 39.4. The first-order valence-electron chi connectivity index (χ1n) is 24.4. The van der Waals surface area contributed by atoms with Gasteiger partial charge in [0.05, 0.1) is 27.7 Å². The van der Waals surface area contributed by atoms with Gasteiger partial charge in [0.2, 0.25) is 0 Å². The highest BCUT2D eigenvalue weighted by Crippen LogP contribution is 2.43. The lowest BCUT2D eigenvalue weighted by Gasteiger charge is -2.24. The topological polar surface area (TPSA) is 108 Å². The summed E-state index contributed by atoms with van der Waals surface area (Å²) in [6.07, 6.45) is 50.1. The molecule has 0 aliphatic rings. The third-order valence-electron chi connectivity index (χ3n) is 10.3. The van der Waals surface area contributed by atoms with Crippen LogP contribution in [0.25, 0.3) is 0 Å². The molecule has 1 unspecified atom stereocenters. The van der Waals surface area contributed by atoms with E-state index in [-0.39, 0.29) is 32.0 Å². The minimum atomic E-state index is -4.38. The zero-order chi connectivity index (χ0) is 44.3. The molecule has 0 saturated heterocycles. The number of nitrogens with zero attached hydrogens (tertiary/aromatic N) is 1. The molecule has 0 aliphatic heterocycles. The number of allylic oxidation sites excluding steroid dienone is 8. The number of likely N-dealkylation sites (N-methyl/N-ethyl adjacent to an activating group) is 1. The molecule has 0 spiro atoms. The normalized spacial score (nSPS) is 13.9. The van der Waals surface area contributed by atoms with Crippen molar-refractivity contribution >= 4 is 19.8 Å². The fraction of sp³-hybridized carbons (Fsp3) is 0.800. The maximum absolute atomic E-state index is 12.7. The van der Waals surface area contributed by atoms with Crippen LogP contribution in [-0.4, -0.2) is 74.9 Å². The summed E-state index contributed by atoms with van der Waals surface area (Å²) in [5, 5.41) is 0. The number of phosphoric acid groups is 1. The molecule has 0 fully saturated rings. The molecule has 0 rings (SSSR count). The van der Waals surface area contributed by atoms with Crippen LogP contribution < -0.4 is 0 Å². The Kier molecular flexibility index (Phi) is 40.8. The lowest BCUT2D eigenvalue weighted by molar-refractivity contribution is -0.870. The molecule has 0 saturated carbocycles. The van der Waals surface area contributed by atoms with E-state index in [4.69, 9.17) is 18.5 Å². The minimum Gasteiger partial charge on any atom is -0.462 e. The number of unbranched alkanes of at least 4 members (excludes halogenated alkanes) is 22. The number of esters is 2. The minimum absolute atomic E-state index is 0.0284. The Bertz CT molecular complexity index is 1160. The molecule has 0 amide bonds. The second-order valence-corrected chi connectivity index (χ2v) is 18.9. The van der Waals surface area contributed by atoms with E-state index in [9.17, 15) is 19.0 Å². The summed E-state index contributed by atoms with van der Waals surface area (Å²) in [4.78, 5) is 35.5. The highest BCUT2D eigenvalue weighted by Gasteiger charge is 2.27. The van der Waals surface area contributed by atoms with Crippen LogP contribution in [0.15, 0.2) is 48.6 Å². The lowest BCUT2D eigenvalue weighted by Crippen LogP contribution is -2.37. The number of quaternary nitrogens is 1. The summed E-state index contributed by atoms with van der Waals surface area (Å²) in [5.74, 6) is -0.810. The van der Waals surface area contributed by atoms with Crippen LogP contribution >= 0.6 is 7.82 Å². The first kappa shape index (κ1) is 58.0. The molecular formula is C50H93NO8P+. The summed E-state index contributed by atoms with van der Waals surface area (Å²) in [5.41, 5.74) is 0. The number of rotatable bonds is 44. The number of carbonyl (C=O) groups excluding carboxylic acids is 2. The van der Waals surface area contributed by atoms with Gasteiger partial charge in [0.1, 0.15) is 19.8 Å². The Labute approximate surface area is 369 Å². The molecule has 2 atom stereocenters. The second kappa shape index (κ2) is 42.3. The van der Waals surface area contributed by atoms with Gasteiger partial charge in [-0.2, -0.15) is 0 Å². The number of ether oxygens (including phenoxy) is 2. The van der Waals surface area contributed by atoms with E-state index < -0.39 is 26.5 Å². The molecule has 0 radical (unpaired) electrons. The molecule has 0 bridgehead atoms. The van der Waals surface area contributed by atoms with Crippen LogP contribution in [0.5, 0.6) is 0 Å². The smallest absolute Gasteiger partial charge is 0.462 e. The van der Waals surface area contributed by atoms with Gasteiger partial charge < -0.3 is 18.9 Å². The van der Waals surface area contributed by atoms with Crippen LogP contribution in [0, 0.1) is 0 Å². The summed E-state index contributed by atoms with van der Waals surface area (Å²) in [6.45, 7) is 4.37. The van der Waals surface area contributed by atoms with Crippen LogP contribution in [0.3, 0.4) is 0 Å². The second-order valence-electron chi connectivity index (χ2n) is 17.5. The van der Waals surface area contributed by atoms with Crippen molar-refractivity contribution in [3.63, 3.8) is 0 Å². The third-order valence-corrected chi connectivity index (χ3v) is 11.3. The van der Waals surface area contributed by atoms with Gasteiger partial charge in [0.15, 0.2) is 6.10 Å². The van der Waals surface area contributed by atoms with Gasteiger partial charge in [-0.15, -0.1) is 0 Å². The molecule has 60 heavy (non-hydrogen) atoms. The van der Waals surface area contributed by atoms with Gasteiger partial charge in [-0.1, -0.05) is 165 Å². The molecule has 0 aromatic rings. The van der Waals surface area contributed by atoms with Crippen molar-refractivity contribution in [3.05, 3.63) is 48.6 Å². The molecule has 0 heterocycles. The predicted octanol–water partition coefficient (Wildman–Crippen LogP) is 14.2. The average Bonchev–Trinajstić information content (AvgIpc) is 3.20. The van der Waals surface area contributed by atoms with E-state index in [2.05, 4.69) is 62.5 Å². The summed E-state index contributed by atoms with van der Waals surface area (Å²) < 4.78 is 34.4. The van der Waals surface area contributed by atoms with Gasteiger partial charge in [0, 0.05) is 12.8 Å². The molecule has 350 valence electrons. The molecule has 9 nitrogen and oxygen atoms in total. The van der Waals surface area contributed by atoms with E-state index in [1.54, 1.807) is 0 Å². The van der Waals surface area contributed by atoms with Crippen molar-refractivity contribution < 1.29 is 42.1 Å². The van der Waals surface area contributed by atoms with Crippen LogP contribution in [-0.2, 0) is 32.7 Å². The van der Waals surface area contributed by atoms with E-state index in [1.807, 2.05) is 21.1 Å². The largest absolute Gasteiger partial charge is 0.472 e. The van der Waals surface area contributed by atoms with Crippen molar-refractivity contribution in [3.8, 4) is 0 Å². The standard InChI is InChI=1S/C50H92NO8P/c1-6-8-10-12-14-16-18-20-22-24-25-27-29-31-33-35-37-39-41-43-50(53)59-48(47-58-60(54,55)57-45-44-51(3,4)5)46-56-49(52)42-40-38-36-34-32-30-28-26-23-21-19-17-15-13-11-9-7-2/h14-17,20-23,48H,6-13,18-19,24-47H2,1-5H3/p+1/b16-14+,17-15+,22-20+,23-21+/t48-/m1/s1. The summed E-state index contributed by atoms with van der Waals surface area (Å²) in [6, 6.07) is 0. The van der Waals surface area contributed by atoms with E-state index in [0.717, 1.165) is 70.6 Å². The fourth-order valence-corrected chi connectivity index (χ4v) is 7.23. The number of hydrogen-bond acceptors (Lipinski definition) is 7. The Morgan fingerprint density at radius 3 is 1.32 bits per heavy atom. The Morgan fingerprint density at radius 1 is 0.517 bits per heavy atom. The maximum Gasteiger partial charge on any atom is 0.472 e. The van der Waals surface area contributed by atoms with Crippen molar-refractivity contribution in [2.75, 3.05) is 47.5 Å². The first-order valence-corrected chi connectivity index (χ1v) is 25.9. The lowest BCUT2D eigenvalue weighted by atomic mass is 10.1. The zero-order valence-corrected chi connectivity index (χ0v) is 40.3. The highest BCUT2D eigenvalue weighted by atomic mass is 31.2. The predicted molar refractivity (Wildman–Crippen MR) is 252 cm³/mol. The van der Waals surface area contributed by atoms with Gasteiger partial charge in [-0.25, -0.2) is 4.57 Å². The van der Waals surface area contributed by atoms with Crippen molar-refractivity contribution in [1.82, 2.24) is 0 Å². The average molecular weight is 867 g/mol. The van der Waals surface area contributed by atoms with Gasteiger partial charge in [-0.3, -0.25) is 18.6 Å². The van der Waals surface area contributed by atoms with E-state index in [0.29, 0.717) is 17.4 Å². The van der Waals surface area contributed by atoms with Gasteiger partial charge >= 0.3 is 19.8 Å². The molecule has 1 N–H and O–H groups in total. The molecule has 0 aromatic carbocycles. The van der Waals surface area contributed by atoms with Gasteiger partial charge in [-0.05, 0) is 77.0 Å². The molecule has 0 aliphatic carbocycles. The molecule has 10 heteroatoms. The maximum atomic E-state index is 12.7. The summed E-state index contributed by atoms with van der Waals surface area (Å²) in [7, 11) is 1.47. The highest BCUT2D eigenvalue weighted by molar-refractivity contribution is 7.47.